The lowest BCUT2D eigenvalue weighted by Crippen LogP contribution is -2.29. The molecule has 0 fully saturated rings. The first-order valence-corrected chi connectivity index (χ1v) is 10.0. The molecule has 2 aromatic carbocycles. The van der Waals surface area contributed by atoms with Crippen LogP contribution in [-0.2, 0) is 30.5 Å². The Morgan fingerprint density at radius 1 is 1.32 bits per heavy atom. The third kappa shape index (κ3) is 4.30. The first kappa shape index (κ1) is 21.0. The van der Waals surface area contributed by atoms with Crippen molar-refractivity contribution in [1.29, 1.82) is 0 Å². The number of fused-ring (bicyclic) bond motifs is 2. The number of para-hydroxylation sites is 2. The molecule has 0 radical (unpaired) electrons. The Morgan fingerprint density at radius 3 is 2.84 bits per heavy atom. The van der Waals surface area contributed by atoms with Crippen LogP contribution in [0.2, 0.25) is 0 Å². The second-order valence-corrected chi connectivity index (χ2v) is 7.42. The van der Waals surface area contributed by atoms with Gasteiger partial charge in [0.05, 0.1) is 17.6 Å². The number of aromatic nitrogens is 2. The van der Waals surface area contributed by atoms with Crippen molar-refractivity contribution < 1.29 is 27.4 Å². The van der Waals surface area contributed by atoms with E-state index in [1.807, 2.05) is 26.0 Å². The Labute approximate surface area is 177 Å². The molecule has 9 heteroatoms. The summed E-state index contributed by atoms with van der Waals surface area (Å²) in [6.45, 7) is 3.88. The molecular weight excluding hydrogens is 411 g/mol. The second kappa shape index (κ2) is 8.13. The predicted molar refractivity (Wildman–Crippen MR) is 108 cm³/mol. The van der Waals surface area contributed by atoms with Gasteiger partial charge < -0.3 is 19.4 Å². The second-order valence-electron chi connectivity index (χ2n) is 7.42. The highest BCUT2D eigenvalue weighted by Crippen LogP contribution is 2.35. The number of hydrogen-bond acceptors (Lipinski definition) is 4. The summed E-state index contributed by atoms with van der Waals surface area (Å²) in [5.41, 5.74) is 2.17. The first-order chi connectivity index (χ1) is 14.8. The number of rotatable bonds is 6. The lowest BCUT2D eigenvalue weighted by Gasteiger charge is -2.14. The number of amides is 1. The van der Waals surface area contributed by atoms with E-state index in [2.05, 4.69) is 10.3 Å². The highest BCUT2D eigenvalue weighted by Gasteiger charge is 2.38. The van der Waals surface area contributed by atoms with Crippen LogP contribution in [0.25, 0.3) is 11.0 Å². The minimum absolute atomic E-state index is 0.0598. The molecule has 164 valence electrons. The molecule has 0 saturated heterocycles. The zero-order chi connectivity index (χ0) is 22.2. The van der Waals surface area contributed by atoms with Crippen LogP contribution in [0.15, 0.2) is 36.4 Å². The van der Waals surface area contributed by atoms with E-state index in [0.29, 0.717) is 17.9 Å². The van der Waals surface area contributed by atoms with Gasteiger partial charge in [0.1, 0.15) is 24.1 Å². The maximum atomic E-state index is 13.4. The van der Waals surface area contributed by atoms with Crippen LogP contribution < -0.4 is 14.8 Å². The van der Waals surface area contributed by atoms with Crippen LogP contribution >= 0.6 is 0 Å². The highest BCUT2D eigenvalue weighted by molar-refractivity contribution is 5.81. The molecule has 1 unspecified atom stereocenters. The Morgan fingerprint density at radius 2 is 2.10 bits per heavy atom. The predicted octanol–water partition coefficient (Wildman–Crippen LogP) is 4.09. The normalized spacial score (nSPS) is 15.6. The lowest BCUT2D eigenvalue weighted by molar-refractivity contribution is -0.147. The van der Waals surface area contributed by atoms with Crippen molar-refractivity contribution in [1.82, 2.24) is 14.9 Å². The van der Waals surface area contributed by atoms with E-state index in [1.165, 1.54) is 12.1 Å². The van der Waals surface area contributed by atoms with E-state index in [0.717, 1.165) is 22.3 Å². The van der Waals surface area contributed by atoms with Gasteiger partial charge in [-0.3, -0.25) is 4.79 Å². The van der Waals surface area contributed by atoms with E-state index in [9.17, 15) is 18.0 Å². The standard InChI is InChI=1S/C22H22F3N3O3/c1-3-30-18-9-14-8-13(2)31-19(14)10-15(18)11-26-20(29)12-28-17-7-5-4-6-16(17)27-21(28)22(23,24)25/h4-7,9-10,13H,3,8,11-12H2,1-2H3,(H,26,29). The Bertz CT molecular complexity index is 1120. The number of halogens is 3. The van der Waals surface area contributed by atoms with E-state index in [1.54, 1.807) is 12.1 Å². The molecule has 4 rings (SSSR count). The van der Waals surface area contributed by atoms with Crippen molar-refractivity contribution in [2.24, 2.45) is 0 Å². The molecule has 0 bridgehead atoms. The number of carbonyl (C=O) groups is 1. The van der Waals surface area contributed by atoms with Gasteiger partial charge in [0.15, 0.2) is 0 Å². The van der Waals surface area contributed by atoms with Crippen molar-refractivity contribution in [3.8, 4) is 11.5 Å². The van der Waals surface area contributed by atoms with Gasteiger partial charge in [-0.05, 0) is 38.1 Å². The van der Waals surface area contributed by atoms with Crippen molar-refractivity contribution in [3.63, 3.8) is 0 Å². The number of imidazole rings is 1. The number of carbonyl (C=O) groups excluding carboxylic acids is 1. The molecule has 1 N–H and O–H groups in total. The molecule has 0 aliphatic carbocycles. The molecule has 31 heavy (non-hydrogen) atoms. The maximum absolute atomic E-state index is 13.4. The van der Waals surface area contributed by atoms with Crippen molar-refractivity contribution in [2.75, 3.05) is 6.61 Å². The number of nitrogens with one attached hydrogen (secondary N) is 1. The maximum Gasteiger partial charge on any atom is 0.449 e. The van der Waals surface area contributed by atoms with E-state index in [-0.39, 0.29) is 23.7 Å². The molecule has 6 nitrogen and oxygen atoms in total. The van der Waals surface area contributed by atoms with Gasteiger partial charge in [0.2, 0.25) is 11.7 Å². The van der Waals surface area contributed by atoms with Crippen LogP contribution in [0.4, 0.5) is 13.2 Å². The number of nitrogens with zero attached hydrogens (tertiary/aromatic N) is 2. The summed E-state index contributed by atoms with van der Waals surface area (Å²) in [5, 5.41) is 2.69. The quantitative estimate of drug-likeness (QED) is 0.636. The van der Waals surface area contributed by atoms with Crippen LogP contribution in [0.1, 0.15) is 30.8 Å². The van der Waals surface area contributed by atoms with Gasteiger partial charge in [-0.15, -0.1) is 0 Å². The summed E-state index contributed by atoms with van der Waals surface area (Å²) in [5.74, 6) is -0.298. The third-order valence-electron chi connectivity index (χ3n) is 5.06. The number of ether oxygens (including phenoxy) is 2. The van der Waals surface area contributed by atoms with Gasteiger partial charge in [-0.25, -0.2) is 4.98 Å². The Balaban J connectivity index is 1.54. The van der Waals surface area contributed by atoms with Gasteiger partial charge in [-0.2, -0.15) is 13.2 Å². The van der Waals surface area contributed by atoms with Crippen molar-refractivity contribution >= 4 is 16.9 Å². The zero-order valence-electron chi connectivity index (χ0n) is 17.1. The van der Waals surface area contributed by atoms with Crippen LogP contribution in [0.3, 0.4) is 0 Å². The molecule has 1 aromatic heterocycles. The molecule has 1 aliphatic rings. The molecule has 2 heterocycles. The van der Waals surface area contributed by atoms with Gasteiger partial charge in [-0.1, -0.05) is 12.1 Å². The summed E-state index contributed by atoms with van der Waals surface area (Å²) in [6, 6.07) is 9.92. The zero-order valence-corrected chi connectivity index (χ0v) is 17.1. The van der Waals surface area contributed by atoms with Gasteiger partial charge in [0.25, 0.3) is 0 Å². The van der Waals surface area contributed by atoms with Gasteiger partial charge in [0, 0.05) is 24.1 Å². The fourth-order valence-electron chi connectivity index (χ4n) is 3.75. The fraction of sp³-hybridized carbons (Fsp3) is 0.364. The molecule has 1 aliphatic heterocycles. The summed E-state index contributed by atoms with van der Waals surface area (Å²) >= 11 is 0. The minimum atomic E-state index is -4.67. The summed E-state index contributed by atoms with van der Waals surface area (Å²) < 4.78 is 52.7. The third-order valence-corrected chi connectivity index (χ3v) is 5.06. The highest BCUT2D eigenvalue weighted by atomic mass is 19.4. The fourth-order valence-corrected chi connectivity index (χ4v) is 3.75. The molecular formula is C22H22F3N3O3. The first-order valence-electron chi connectivity index (χ1n) is 10.0. The Kier molecular flexibility index (Phi) is 5.51. The average Bonchev–Trinajstić information content (AvgIpc) is 3.26. The van der Waals surface area contributed by atoms with E-state index in [4.69, 9.17) is 9.47 Å². The SMILES string of the molecule is CCOc1cc2c(cc1CNC(=O)Cn1c(C(F)(F)F)nc3ccccc31)OC(C)C2. The van der Waals surface area contributed by atoms with Crippen LogP contribution in [-0.4, -0.2) is 28.2 Å². The number of benzene rings is 2. The minimum Gasteiger partial charge on any atom is -0.494 e. The number of hydrogen-bond donors (Lipinski definition) is 1. The van der Waals surface area contributed by atoms with E-state index < -0.39 is 24.5 Å². The smallest absolute Gasteiger partial charge is 0.449 e. The largest absolute Gasteiger partial charge is 0.494 e. The van der Waals surface area contributed by atoms with Crippen LogP contribution in [0.5, 0.6) is 11.5 Å². The molecule has 0 spiro atoms. The van der Waals surface area contributed by atoms with Crippen LogP contribution in [0, 0.1) is 0 Å². The summed E-state index contributed by atoms with van der Waals surface area (Å²) in [6.07, 6.45) is -3.84. The average molecular weight is 433 g/mol. The number of alkyl halides is 3. The van der Waals surface area contributed by atoms with E-state index >= 15 is 0 Å². The Hall–Kier alpha value is -3.23. The van der Waals surface area contributed by atoms with Crippen molar-refractivity contribution in [3.05, 3.63) is 53.3 Å². The summed E-state index contributed by atoms with van der Waals surface area (Å²) in [4.78, 5) is 16.2. The topological polar surface area (TPSA) is 65.4 Å². The lowest BCUT2D eigenvalue weighted by atomic mass is 10.1. The van der Waals surface area contributed by atoms with Crippen molar-refractivity contribution in [2.45, 2.75) is 45.6 Å². The molecule has 0 saturated carbocycles. The molecule has 3 aromatic rings. The molecule has 1 atom stereocenters. The van der Waals surface area contributed by atoms with Gasteiger partial charge >= 0.3 is 6.18 Å². The summed E-state index contributed by atoms with van der Waals surface area (Å²) in [7, 11) is 0. The monoisotopic (exact) mass is 433 g/mol. The molecule has 1 amide bonds.